The number of hydrogen-bond donors (Lipinski definition) is 0. The largest absolute Gasteiger partial charge is 0.0877 e. The predicted molar refractivity (Wildman–Crippen MR) is 125 cm³/mol. The molecular formula is C29H28. The predicted octanol–water partition coefficient (Wildman–Crippen LogP) is 7.56. The molecule has 0 aromatic heterocycles. The standard InChI is InChI=1S/C29H28/c1-5-6-7-11-27-23(4)26-10-8-9-12-28(26)29(27,24-17-13-21(2)14-18-24)25-19-15-22(3)16-20-25/h5-20H,1-4H3/b6-5-,11-7-. The quantitative estimate of drug-likeness (QED) is 0.412. The lowest BCUT2D eigenvalue weighted by Gasteiger charge is -2.35. The maximum absolute atomic E-state index is 2.30. The van der Waals surface area contributed by atoms with Gasteiger partial charge in [-0.3, -0.25) is 0 Å². The fourth-order valence-electron chi connectivity index (χ4n) is 4.62. The minimum absolute atomic E-state index is 0.305. The molecule has 0 aliphatic heterocycles. The van der Waals surface area contributed by atoms with Gasteiger partial charge in [-0.2, -0.15) is 0 Å². The van der Waals surface area contributed by atoms with Crippen molar-refractivity contribution in [1.82, 2.24) is 0 Å². The van der Waals surface area contributed by atoms with Gasteiger partial charge in [0.2, 0.25) is 0 Å². The Kier molecular flexibility index (Phi) is 5.11. The van der Waals surface area contributed by atoms with Gasteiger partial charge in [0, 0.05) is 0 Å². The third-order valence-electron chi connectivity index (χ3n) is 6.08. The molecule has 0 heteroatoms. The third-order valence-corrected chi connectivity index (χ3v) is 6.08. The maximum Gasteiger partial charge on any atom is 0.0710 e. The molecule has 0 unspecified atom stereocenters. The van der Waals surface area contributed by atoms with Crippen LogP contribution in [0.1, 0.15) is 47.2 Å². The Morgan fingerprint density at radius 3 is 1.76 bits per heavy atom. The number of allylic oxidation sites excluding steroid dienone is 6. The van der Waals surface area contributed by atoms with E-state index in [1.54, 1.807) is 0 Å². The molecule has 3 aromatic rings. The van der Waals surface area contributed by atoms with Crippen LogP contribution in [0.2, 0.25) is 0 Å². The van der Waals surface area contributed by atoms with E-state index in [4.69, 9.17) is 0 Å². The van der Waals surface area contributed by atoms with E-state index < -0.39 is 0 Å². The van der Waals surface area contributed by atoms with E-state index in [-0.39, 0.29) is 5.41 Å². The highest BCUT2D eigenvalue weighted by Gasteiger charge is 2.45. The van der Waals surface area contributed by atoms with E-state index >= 15 is 0 Å². The molecule has 0 nitrogen and oxygen atoms in total. The zero-order chi connectivity index (χ0) is 20.4. The van der Waals surface area contributed by atoms with Gasteiger partial charge in [0.05, 0.1) is 5.41 Å². The number of benzene rings is 3. The van der Waals surface area contributed by atoms with E-state index in [0.717, 1.165) is 0 Å². The van der Waals surface area contributed by atoms with Gasteiger partial charge in [0.1, 0.15) is 0 Å². The molecule has 0 atom stereocenters. The Morgan fingerprint density at radius 1 is 0.655 bits per heavy atom. The lowest BCUT2D eigenvalue weighted by molar-refractivity contribution is 0.760. The van der Waals surface area contributed by atoms with Gasteiger partial charge in [0.15, 0.2) is 0 Å². The van der Waals surface area contributed by atoms with Gasteiger partial charge < -0.3 is 0 Å². The van der Waals surface area contributed by atoms with Crippen LogP contribution >= 0.6 is 0 Å². The summed E-state index contributed by atoms with van der Waals surface area (Å²) < 4.78 is 0. The Hall–Kier alpha value is -3.12. The van der Waals surface area contributed by atoms with E-state index in [2.05, 4.69) is 125 Å². The summed E-state index contributed by atoms with van der Waals surface area (Å²) in [6.07, 6.45) is 8.66. The first kappa shape index (κ1) is 19.2. The molecule has 0 amide bonds. The van der Waals surface area contributed by atoms with Crippen molar-refractivity contribution >= 4 is 5.57 Å². The summed E-state index contributed by atoms with van der Waals surface area (Å²) in [5.74, 6) is 0. The number of rotatable bonds is 4. The van der Waals surface area contributed by atoms with Gasteiger partial charge in [0.25, 0.3) is 0 Å². The third kappa shape index (κ3) is 3.09. The molecule has 1 aliphatic rings. The van der Waals surface area contributed by atoms with Gasteiger partial charge in [-0.15, -0.1) is 0 Å². The Labute approximate surface area is 174 Å². The van der Waals surface area contributed by atoms with Crippen molar-refractivity contribution in [2.45, 2.75) is 33.1 Å². The van der Waals surface area contributed by atoms with E-state index in [9.17, 15) is 0 Å². The van der Waals surface area contributed by atoms with Gasteiger partial charge in [-0.05, 0) is 61.1 Å². The van der Waals surface area contributed by atoms with Crippen LogP contribution in [0.15, 0.2) is 103 Å². The second-order valence-electron chi connectivity index (χ2n) is 7.95. The molecule has 0 N–H and O–H groups in total. The Morgan fingerprint density at radius 2 is 1.21 bits per heavy atom. The van der Waals surface area contributed by atoms with Gasteiger partial charge >= 0.3 is 0 Å². The minimum atomic E-state index is -0.305. The molecule has 0 fully saturated rings. The first-order valence-electron chi connectivity index (χ1n) is 10.3. The summed E-state index contributed by atoms with van der Waals surface area (Å²) in [6, 6.07) is 27.0. The second-order valence-corrected chi connectivity index (χ2v) is 7.95. The number of aryl methyl sites for hydroxylation is 2. The fourth-order valence-corrected chi connectivity index (χ4v) is 4.62. The molecule has 0 bridgehead atoms. The first-order chi connectivity index (χ1) is 14.1. The number of fused-ring (bicyclic) bond motifs is 1. The lowest BCUT2D eigenvalue weighted by atomic mass is 9.66. The van der Waals surface area contributed by atoms with Crippen molar-refractivity contribution in [3.05, 3.63) is 136 Å². The van der Waals surface area contributed by atoms with Crippen molar-refractivity contribution in [3.63, 3.8) is 0 Å². The molecule has 144 valence electrons. The molecular weight excluding hydrogens is 348 g/mol. The van der Waals surface area contributed by atoms with Crippen molar-refractivity contribution < 1.29 is 0 Å². The molecule has 0 saturated carbocycles. The first-order valence-corrected chi connectivity index (χ1v) is 10.3. The smallest absolute Gasteiger partial charge is 0.0710 e. The van der Waals surface area contributed by atoms with Crippen molar-refractivity contribution in [3.8, 4) is 0 Å². The molecule has 0 spiro atoms. The van der Waals surface area contributed by atoms with Crippen LogP contribution in [0, 0.1) is 13.8 Å². The Balaban J connectivity index is 2.11. The van der Waals surface area contributed by atoms with Crippen LogP contribution in [0.3, 0.4) is 0 Å². The zero-order valence-electron chi connectivity index (χ0n) is 17.7. The maximum atomic E-state index is 2.30. The summed E-state index contributed by atoms with van der Waals surface area (Å²) in [5, 5.41) is 0. The van der Waals surface area contributed by atoms with Crippen LogP contribution in [0.5, 0.6) is 0 Å². The van der Waals surface area contributed by atoms with Crippen molar-refractivity contribution in [2.75, 3.05) is 0 Å². The highest BCUT2D eigenvalue weighted by atomic mass is 14.5. The van der Waals surface area contributed by atoms with Crippen molar-refractivity contribution in [1.29, 1.82) is 0 Å². The molecule has 0 heterocycles. The van der Waals surface area contributed by atoms with Gasteiger partial charge in [-0.25, -0.2) is 0 Å². The highest BCUT2D eigenvalue weighted by Crippen LogP contribution is 2.54. The fraction of sp³-hybridized carbons (Fsp3) is 0.172. The molecule has 4 rings (SSSR count). The van der Waals surface area contributed by atoms with Crippen LogP contribution in [0.25, 0.3) is 5.57 Å². The average Bonchev–Trinajstić information content (AvgIpc) is 2.99. The molecule has 3 aromatic carbocycles. The molecule has 0 saturated heterocycles. The summed E-state index contributed by atoms with van der Waals surface area (Å²) >= 11 is 0. The summed E-state index contributed by atoms with van der Waals surface area (Å²) in [5.41, 5.74) is 10.3. The monoisotopic (exact) mass is 376 g/mol. The molecule has 0 radical (unpaired) electrons. The van der Waals surface area contributed by atoms with E-state index in [0.29, 0.717) is 0 Å². The summed E-state index contributed by atoms with van der Waals surface area (Å²) in [4.78, 5) is 0. The van der Waals surface area contributed by atoms with E-state index in [1.807, 2.05) is 0 Å². The van der Waals surface area contributed by atoms with Gasteiger partial charge in [-0.1, -0.05) is 108 Å². The van der Waals surface area contributed by atoms with Crippen LogP contribution in [-0.4, -0.2) is 0 Å². The topological polar surface area (TPSA) is 0 Å². The zero-order valence-corrected chi connectivity index (χ0v) is 17.7. The summed E-state index contributed by atoms with van der Waals surface area (Å²) in [6.45, 7) is 8.62. The second kappa shape index (κ2) is 7.72. The Bertz CT molecular complexity index is 1060. The van der Waals surface area contributed by atoms with Crippen LogP contribution in [-0.2, 0) is 5.41 Å². The lowest BCUT2D eigenvalue weighted by Crippen LogP contribution is -2.29. The molecule has 1 aliphatic carbocycles. The number of hydrogen-bond acceptors (Lipinski definition) is 0. The SMILES string of the molecule is C/C=C\C=C/C1=C(C)c2ccccc2C1(c1ccc(C)cc1)c1ccc(C)cc1. The highest BCUT2D eigenvalue weighted by molar-refractivity contribution is 5.86. The normalized spacial score (nSPS) is 15.4. The summed E-state index contributed by atoms with van der Waals surface area (Å²) in [7, 11) is 0. The van der Waals surface area contributed by atoms with E-state index in [1.165, 1.54) is 44.5 Å². The van der Waals surface area contributed by atoms with Crippen LogP contribution in [0.4, 0.5) is 0 Å². The van der Waals surface area contributed by atoms with Crippen LogP contribution < -0.4 is 0 Å². The van der Waals surface area contributed by atoms with Crippen molar-refractivity contribution in [2.24, 2.45) is 0 Å². The molecule has 29 heavy (non-hydrogen) atoms. The minimum Gasteiger partial charge on any atom is -0.0877 e. The average molecular weight is 377 g/mol.